The number of aromatic nitrogens is 1. The third kappa shape index (κ3) is 3.23. The first-order chi connectivity index (χ1) is 8.97. The quantitative estimate of drug-likeness (QED) is 0.900. The SMILES string of the molecule is CC1CC(C(=O)O)CN(C(=O)c2ccc(Cl)cn2)C1. The van der Waals surface area contributed by atoms with E-state index in [1.54, 1.807) is 17.0 Å². The molecule has 1 saturated heterocycles. The number of aliphatic carboxylic acids is 1. The van der Waals surface area contributed by atoms with Crippen LogP contribution in [0.3, 0.4) is 0 Å². The number of hydrogen-bond acceptors (Lipinski definition) is 3. The molecule has 0 aromatic carbocycles. The van der Waals surface area contributed by atoms with Crippen molar-refractivity contribution in [2.45, 2.75) is 13.3 Å². The lowest BCUT2D eigenvalue weighted by Gasteiger charge is -2.34. The maximum atomic E-state index is 12.3. The van der Waals surface area contributed by atoms with Crippen molar-refractivity contribution >= 4 is 23.5 Å². The zero-order valence-corrected chi connectivity index (χ0v) is 11.3. The second-order valence-electron chi connectivity index (χ2n) is 4.95. The molecule has 2 rings (SSSR count). The molecule has 2 heterocycles. The third-order valence-electron chi connectivity index (χ3n) is 3.24. The lowest BCUT2D eigenvalue weighted by Crippen LogP contribution is -2.45. The number of halogens is 1. The summed E-state index contributed by atoms with van der Waals surface area (Å²) in [5.74, 6) is -1.42. The van der Waals surface area contributed by atoms with E-state index in [-0.39, 0.29) is 18.4 Å². The van der Waals surface area contributed by atoms with E-state index in [0.29, 0.717) is 23.7 Å². The first-order valence-corrected chi connectivity index (χ1v) is 6.49. The van der Waals surface area contributed by atoms with Crippen LogP contribution in [0.15, 0.2) is 18.3 Å². The molecule has 19 heavy (non-hydrogen) atoms. The number of nitrogens with zero attached hydrogens (tertiary/aromatic N) is 2. The Morgan fingerprint density at radius 1 is 1.42 bits per heavy atom. The molecule has 5 nitrogen and oxygen atoms in total. The van der Waals surface area contributed by atoms with Crippen LogP contribution in [0, 0.1) is 11.8 Å². The lowest BCUT2D eigenvalue weighted by molar-refractivity contribution is -0.143. The molecule has 0 spiro atoms. The fraction of sp³-hybridized carbons (Fsp3) is 0.462. The highest BCUT2D eigenvalue weighted by molar-refractivity contribution is 6.30. The molecule has 1 aromatic heterocycles. The first-order valence-electron chi connectivity index (χ1n) is 6.11. The number of likely N-dealkylation sites (tertiary alicyclic amines) is 1. The zero-order chi connectivity index (χ0) is 14.0. The van der Waals surface area contributed by atoms with Crippen molar-refractivity contribution in [1.29, 1.82) is 0 Å². The molecule has 102 valence electrons. The Bertz CT molecular complexity index is 489. The summed E-state index contributed by atoms with van der Waals surface area (Å²) in [7, 11) is 0. The van der Waals surface area contributed by atoms with Gasteiger partial charge in [0, 0.05) is 19.3 Å². The summed E-state index contributed by atoms with van der Waals surface area (Å²) in [6.45, 7) is 2.75. The maximum absolute atomic E-state index is 12.3. The maximum Gasteiger partial charge on any atom is 0.308 e. The van der Waals surface area contributed by atoms with Crippen molar-refractivity contribution in [2.75, 3.05) is 13.1 Å². The standard InChI is InChI=1S/C13H15ClN2O3/c1-8-4-9(13(18)19)7-16(6-8)12(17)11-3-2-10(14)5-15-11/h2-3,5,8-9H,4,6-7H2,1H3,(H,18,19). The van der Waals surface area contributed by atoms with E-state index in [9.17, 15) is 9.59 Å². The number of pyridine rings is 1. The van der Waals surface area contributed by atoms with Crippen LogP contribution in [-0.4, -0.2) is 40.0 Å². The average molecular weight is 283 g/mol. The summed E-state index contributed by atoms with van der Waals surface area (Å²) >= 11 is 5.72. The lowest BCUT2D eigenvalue weighted by atomic mass is 9.90. The van der Waals surface area contributed by atoms with Crippen molar-refractivity contribution in [3.05, 3.63) is 29.0 Å². The van der Waals surface area contributed by atoms with Crippen LogP contribution < -0.4 is 0 Å². The number of rotatable bonds is 2. The number of piperidine rings is 1. The fourth-order valence-electron chi connectivity index (χ4n) is 2.36. The summed E-state index contributed by atoms with van der Waals surface area (Å²) in [5, 5.41) is 9.56. The third-order valence-corrected chi connectivity index (χ3v) is 3.47. The Kier molecular flexibility index (Phi) is 4.04. The molecule has 1 aliphatic heterocycles. The van der Waals surface area contributed by atoms with Crippen LogP contribution in [0.2, 0.25) is 5.02 Å². The molecule has 2 unspecified atom stereocenters. The van der Waals surface area contributed by atoms with Gasteiger partial charge < -0.3 is 10.0 Å². The summed E-state index contributed by atoms with van der Waals surface area (Å²) < 4.78 is 0. The van der Waals surface area contributed by atoms with E-state index in [1.807, 2.05) is 6.92 Å². The van der Waals surface area contributed by atoms with Gasteiger partial charge in [-0.05, 0) is 24.5 Å². The molecule has 1 aliphatic rings. The minimum Gasteiger partial charge on any atom is -0.481 e. The molecule has 0 bridgehead atoms. The van der Waals surface area contributed by atoms with Gasteiger partial charge in [0.15, 0.2) is 0 Å². The van der Waals surface area contributed by atoms with Crippen LogP contribution in [0.5, 0.6) is 0 Å². The molecule has 6 heteroatoms. The van der Waals surface area contributed by atoms with E-state index in [2.05, 4.69) is 4.98 Å². The van der Waals surface area contributed by atoms with Crippen LogP contribution in [0.25, 0.3) is 0 Å². The van der Waals surface area contributed by atoms with Gasteiger partial charge in [-0.15, -0.1) is 0 Å². The molecule has 1 N–H and O–H groups in total. The predicted molar refractivity (Wildman–Crippen MR) is 70.1 cm³/mol. The Balaban J connectivity index is 2.14. The van der Waals surface area contributed by atoms with E-state index >= 15 is 0 Å². The van der Waals surface area contributed by atoms with Gasteiger partial charge in [-0.1, -0.05) is 18.5 Å². The van der Waals surface area contributed by atoms with E-state index in [0.717, 1.165) is 0 Å². The number of carbonyl (C=O) groups is 2. The van der Waals surface area contributed by atoms with E-state index in [1.165, 1.54) is 6.20 Å². The normalized spacial score (nSPS) is 23.2. The minimum atomic E-state index is -0.853. The van der Waals surface area contributed by atoms with Crippen LogP contribution in [0.4, 0.5) is 0 Å². The van der Waals surface area contributed by atoms with Crippen molar-refractivity contribution in [1.82, 2.24) is 9.88 Å². The van der Waals surface area contributed by atoms with Gasteiger partial charge >= 0.3 is 5.97 Å². The zero-order valence-electron chi connectivity index (χ0n) is 10.5. The van der Waals surface area contributed by atoms with Gasteiger partial charge in [-0.3, -0.25) is 9.59 Å². The Hall–Kier alpha value is -1.62. The van der Waals surface area contributed by atoms with Crippen molar-refractivity contribution in [2.24, 2.45) is 11.8 Å². The number of carboxylic acids is 1. The largest absolute Gasteiger partial charge is 0.481 e. The summed E-state index contributed by atoms with van der Waals surface area (Å²) in [6.07, 6.45) is 2.02. The summed E-state index contributed by atoms with van der Waals surface area (Å²) in [4.78, 5) is 28.9. The predicted octanol–water partition coefficient (Wildman–Crippen LogP) is 1.92. The highest BCUT2D eigenvalue weighted by atomic mass is 35.5. The monoisotopic (exact) mass is 282 g/mol. The number of carboxylic acid groups (broad SMARTS) is 1. The van der Waals surface area contributed by atoms with Gasteiger partial charge in [0.1, 0.15) is 5.69 Å². The second kappa shape index (κ2) is 5.57. The second-order valence-corrected chi connectivity index (χ2v) is 5.38. The number of amides is 1. The fourth-order valence-corrected chi connectivity index (χ4v) is 2.47. The van der Waals surface area contributed by atoms with Gasteiger partial charge in [0.2, 0.25) is 0 Å². The minimum absolute atomic E-state index is 0.172. The Morgan fingerprint density at radius 2 is 2.16 bits per heavy atom. The van der Waals surface area contributed by atoms with Crippen molar-refractivity contribution in [3.8, 4) is 0 Å². The first kappa shape index (κ1) is 13.8. The van der Waals surface area contributed by atoms with Crippen LogP contribution >= 0.6 is 11.6 Å². The molecule has 2 atom stereocenters. The molecular formula is C13H15ClN2O3. The summed E-state index contributed by atoms with van der Waals surface area (Å²) in [5.41, 5.74) is 0.294. The molecule has 0 aliphatic carbocycles. The van der Waals surface area contributed by atoms with Gasteiger partial charge in [0.25, 0.3) is 5.91 Å². The topological polar surface area (TPSA) is 70.5 Å². The molecule has 0 radical (unpaired) electrons. The molecule has 0 saturated carbocycles. The van der Waals surface area contributed by atoms with Crippen LogP contribution in [-0.2, 0) is 4.79 Å². The Morgan fingerprint density at radius 3 is 2.74 bits per heavy atom. The van der Waals surface area contributed by atoms with Crippen LogP contribution in [0.1, 0.15) is 23.8 Å². The van der Waals surface area contributed by atoms with Gasteiger partial charge in [-0.2, -0.15) is 0 Å². The Labute approximate surface area is 116 Å². The average Bonchev–Trinajstić information content (AvgIpc) is 2.38. The molecule has 1 fully saturated rings. The number of carbonyl (C=O) groups excluding carboxylic acids is 1. The molecule has 1 amide bonds. The smallest absolute Gasteiger partial charge is 0.308 e. The molecular weight excluding hydrogens is 268 g/mol. The number of hydrogen-bond donors (Lipinski definition) is 1. The molecule has 1 aromatic rings. The van der Waals surface area contributed by atoms with E-state index in [4.69, 9.17) is 16.7 Å². The highest BCUT2D eigenvalue weighted by Crippen LogP contribution is 2.23. The van der Waals surface area contributed by atoms with Gasteiger partial charge in [-0.25, -0.2) is 4.98 Å². The summed E-state index contributed by atoms with van der Waals surface area (Å²) in [6, 6.07) is 3.16. The van der Waals surface area contributed by atoms with E-state index < -0.39 is 11.9 Å². The van der Waals surface area contributed by atoms with Crippen molar-refractivity contribution in [3.63, 3.8) is 0 Å². The van der Waals surface area contributed by atoms with Gasteiger partial charge in [0.05, 0.1) is 10.9 Å². The van der Waals surface area contributed by atoms with Crippen molar-refractivity contribution < 1.29 is 14.7 Å². The highest BCUT2D eigenvalue weighted by Gasteiger charge is 2.32.